The Balaban J connectivity index is 1.86. The minimum Gasteiger partial charge on any atom is -0.383 e. The van der Waals surface area contributed by atoms with Crippen LogP contribution in [0.15, 0.2) is 35.0 Å². The monoisotopic (exact) mass is 282 g/mol. The minimum absolute atomic E-state index is 0.171. The van der Waals surface area contributed by atoms with Crippen molar-refractivity contribution in [1.82, 2.24) is 5.32 Å². The molecule has 6 heteroatoms. The zero-order valence-corrected chi connectivity index (χ0v) is 11.5. The first-order valence-corrected chi connectivity index (χ1v) is 7.18. The predicted molar refractivity (Wildman–Crippen MR) is 75.2 cm³/mol. The van der Waals surface area contributed by atoms with Crippen molar-refractivity contribution in [3.63, 3.8) is 0 Å². The van der Waals surface area contributed by atoms with Crippen LogP contribution >= 0.6 is 22.7 Å². The Morgan fingerprint density at radius 1 is 1.33 bits per heavy atom. The van der Waals surface area contributed by atoms with Crippen molar-refractivity contribution in [3.05, 3.63) is 39.9 Å². The Morgan fingerprint density at radius 3 is 2.67 bits per heavy atom. The van der Waals surface area contributed by atoms with Crippen molar-refractivity contribution in [1.29, 1.82) is 0 Å². The number of rotatable bonds is 4. The van der Waals surface area contributed by atoms with E-state index >= 15 is 0 Å². The summed E-state index contributed by atoms with van der Waals surface area (Å²) in [6, 6.07) is 7.10. The molecule has 0 saturated carbocycles. The highest BCUT2D eigenvalue weighted by Crippen LogP contribution is 2.24. The molecule has 0 radical (unpaired) electrons. The summed E-state index contributed by atoms with van der Waals surface area (Å²) in [4.78, 5) is 12.4. The highest BCUT2D eigenvalue weighted by atomic mass is 32.1. The summed E-state index contributed by atoms with van der Waals surface area (Å²) in [6.07, 6.45) is 0. The van der Waals surface area contributed by atoms with Crippen molar-refractivity contribution < 1.29 is 9.90 Å². The first kappa shape index (κ1) is 13.1. The van der Waals surface area contributed by atoms with Crippen LogP contribution in [0.1, 0.15) is 11.8 Å². The molecule has 1 atom stereocenters. The molecule has 18 heavy (non-hydrogen) atoms. The van der Waals surface area contributed by atoms with Crippen molar-refractivity contribution >= 4 is 33.7 Å². The van der Waals surface area contributed by atoms with Crippen LogP contribution in [-0.2, 0) is 5.60 Å². The molecule has 2 rings (SSSR count). The Bertz CT molecular complexity index is 492. The lowest BCUT2D eigenvalue weighted by molar-refractivity contribution is 0.0637. The molecule has 3 N–H and O–H groups in total. The molecule has 0 spiro atoms. The van der Waals surface area contributed by atoms with Gasteiger partial charge in [-0.05, 0) is 35.9 Å². The van der Waals surface area contributed by atoms with Crippen LogP contribution in [0.25, 0.3) is 0 Å². The maximum Gasteiger partial charge on any atom is 0.319 e. The van der Waals surface area contributed by atoms with Crippen molar-refractivity contribution in [3.8, 4) is 0 Å². The number of amides is 2. The molecular formula is C12H14N2O2S2. The van der Waals surface area contributed by atoms with E-state index in [2.05, 4.69) is 10.6 Å². The quantitative estimate of drug-likeness (QED) is 0.807. The molecule has 2 aromatic rings. The number of aliphatic hydroxyl groups is 1. The predicted octanol–water partition coefficient (Wildman–Crippen LogP) is 2.84. The summed E-state index contributed by atoms with van der Waals surface area (Å²) < 4.78 is 0. The van der Waals surface area contributed by atoms with Gasteiger partial charge in [0.05, 0.1) is 11.5 Å². The normalized spacial score (nSPS) is 13.9. The van der Waals surface area contributed by atoms with E-state index in [0.717, 1.165) is 9.88 Å². The third-order valence-electron chi connectivity index (χ3n) is 2.40. The second-order valence-electron chi connectivity index (χ2n) is 4.04. The van der Waals surface area contributed by atoms with E-state index in [1.54, 1.807) is 6.92 Å². The van der Waals surface area contributed by atoms with Gasteiger partial charge in [0.25, 0.3) is 0 Å². The van der Waals surface area contributed by atoms with Gasteiger partial charge in [-0.1, -0.05) is 6.07 Å². The zero-order valence-electron chi connectivity index (χ0n) is 9.84. The molecular weight excluding hydrogens is 268 g/mol. The van der Waals surface area contributed by atoms with Crippen LogP contribution in [0.4, 0.5) is 9.80 Å². The molecule has 0 fully saturated rings. The maximum atomic E-state index is 11.6. The molecule has 0 unspecified atom stereocenters. The van der Waals surface area contributed by atoms with Gasteiger partial charge in [-0.25, -0.2) is 4.79 Å². The Hall–Kier alpha value is -1.37. The second kappa shape index (κ2) is 5.51. The van der Waals surface area contributed by atoms with Crippen LogP contribution in [0, 0.1) is 0 Å². The molecule has 0 aliphatic carbocycles. The van der Waals surface area contributed by atoms with E-state index in [1.165, 1.54) is 22.7 Å². The Labute approximate surface area is 113 Å². The van der Waals surface area contributed by atoms with Gasteiger partial charge in [-0.3, -0.25) is 5.32 Å². The second-order valence-corrected chi connectivity index (χ2v) is 5.93. The number of nitrogens with one attached hydrogen (secondary N) is 2. The molecule has 0 bridgehead atoms. The van der Waals surface area contributed by atoms with E-state index in [0.29, 0.717) is 0 Å². The third kappa shape index (κ3) is 3.32. The van der Waals surface area contributed by atoms with E-state index < -0.39 is 5.60 Å². The smallest absolute Gasteiger partial charge is 0.319 e. The molecule has 0 aliphatic rings. The number of urea groups is 1. The number of thiophene rings is 2. The molecule has 2 aromatic heterocycles. The van der Waals surface area contributed by atoms with Crippen LogP contribution in [0.5, 0.6) is 0 Å². The lowest BCUT2D eigenvalue weighted by Crippen LogP contribution is -2.40. The summed E-state index contributed by atoms with van der Waals surface area (Å²) in [5.74, 6) is 0. The van der Waals surface area contributed by atoms with Gasteiger partial charge in [0, 0.05) is 4.88 Å². The van der Waals surface area contributed by atoms with Crippen LogP contribution in [-0.4, -0.2) is 17.7 Å². The largest absolute Gasteiger partial charge is 0.383 e. The molecule has 0 aromatic carbocycles. The first-order chi connectivity index (χ1) is 8.58. The molecule has 2 heterocycles. The lowest BCUT2D eigenvalue weighted by atomic mass is 10.1. The van der Waals surface area contributed by atoms with Gasteiger partial charge in [0.2, 0.25) is 0 Å². The van der Waals surface area contributed by atoms with Gasteiger partial charge < -0.3 is 10.4 Å². The number of anilines is 1. The number of carbonyl (C=O) groups is 1. The Kier molecular flexibility index (Phi) is 4.00. The standard InChI is InChI=1S/C12H14N2O2S2/c1-12(16,9-4-2-6-17-9)8-13-11(15)14-10-5-3-7-18-10/h2-7,16H,8H2,1H3,(H2,13,14,15)/t12-/m0/s1. The van der Waals surface area contributed by atoms with Crippen molar-refractivity contribution in [2.24, 2.45) is 0 Å². The highest BCUT2D eigenvalue weighted by Gasteiger charge is 2.24. The topological polar surface area (TPSA) is 61.4 Å². The van der Waals surface area contributed by atoms with Gasteiger partial charge in [-0.15, -0.1) is 22.7 Å². The number of hydrogen-bond acceptors (Lipinski definition) is 4. The van der Waals surface area contributed by atoms with E-state index in [-0.39, 0.29) is 12.6 Å². The molecule has 0 saturated heterocycles. The fourth-order valence-electron chi connectivity index (χ4n) is 1.43. The molecule has 0 aliphatic heterocycles. The van der Waals surface area contributed by atoms with Crippen molar-refractivity contribution in [2.45, 2.75) is 12.5 Å². The lowest BCUT2D eigenvalue weighted by Gasteiger charge is -2.22. The minimum atomic E-state index is -1.04. The fourth-order valence-corrected chi connectivity index (χ4v) is 2.83. The van der Waals surface area contributed by atoms with Gasteiger partial charge in [-0.2, -0.15) is 0 Å². The summed E-state index contributed by atoms with van der Waals surface area (Å²) in [5, 5.41) is 20.1. The van der Waals surface area contributed by atoms with Gasteiger partial charge in [0.1, 0.15) is 5.60 Å². The summed E-state index contributed by atoms with van der Waals surface area (Å²) in [6.45, 7) is 1.86. The third-order valence-corrected chi connectivity index (χ3v) is 4.31. The van der Waals surface area contributed by atoms with E-state index in [1.807, 2.05) is 35.0 Å². The Morgan fingerprint density at radius 2 is 2.06 bits per heavy atom. The highest BCUT2D eigenvalue weighted by molar-refractivity contribution is 7.14. The summed E-state index contributed by atoms with van der Waals surface area (Å²) in [7, 11) is 0. The zero-order chi connectivity index (χ0) is 13.0. The van der Waals surface area contributed by atoms with Gasteiger partial charge >= 0.3 is 6.03 Å². The summed E-state index contributed by atoms with van der Waals surface area (Å²) in [5.41, 5.74) is -1.04. The molecule has 2 amide bonds. The van der Waals surface area contributed by atoms with E-state index in [4.69, 9.17) is 0 Å². The average molecular weight is 282 g/mol. The van der Waals surface area contributed by atoms with Crippen LogP contribution in [0.3, 0.4) is 0 Å². The SMILES string of the molecule is C[C@](O)(CNC(=O)Nc1cccs1)c1cccs1. The molecule has 4 nitrogen and oxygen atoms in total. The van der Waals surface area contributed by atoms with Crippen LogP contribution in [0.2, 0.25) is 0 Å². The van der Waals surface area contributed by atoms with E-state index in [9.17, 15) is 9.90 Å². The maximum absolute atomic E-state index is 11.6. The van der Waals surface area contributed by atoms with Crippen LogP contribution < -0.4 is 10.6 Å². The number of hydrogen-bond donors (Lipinski definition) is 3. The summed E-state index contributed by atoms with van der Waals surface area (Å²) >= 11 is 2.92. The van der Waals surface area contributed by atoms with Crippen molar-refractivity contribution in [2.75, 3.05) is 11.9 Å². The first-order valence-electron chi connectivity index (χ1n) is 5.43. The van der Waals surface area contributed by atoms with Gasteiger partial charge in [0.15, 0.2) is 0 Å². The fraction of sp³-hybridized carbons (Fsp3) is 0.250. The number of carbonyl (C=O) groups excluding carboxylic acids is 1. The molecule has 96 valence electrons. The average Bonchev–Trinajstić information content (AvgIpc) is 2.99.